The fraction of sp³-hybridized carbons (Fsp3) is 0.154. The zero-order valence-electron chi connectivity index (χ0n) is 11.3. The standard InChI is InChI=1S/C13H15N6.ClH/c1-18-7-3-12(4-8-18)16-14-11-15-17-13-5-9-19(2)10-6-13;/h3-11H,1-2H3;1H/q+1;/p-1. The number of aromatic nitrogens is 2. The van der Waals surface area contributed by atoms with Gasteiger partial charge in [-0.1, -0.05) is 0 Å². The molecule has 20 heavy (non-hydrogen) atoms. The normalized spacial score (nSPS) is 10.7. The summed E-state index contributed by atoms with van der Waals surface area (Å²) < 4.78 is 3.86. The summed E-state index contributed by atoms with van der Waals surface area (Å²) in [5.74, 6) is 0. The number of aryl methyl sites for hydroxylation is 2. The molecule has 2 aromatic heterocycles. The SMILES string of the molecule is Cn1ccc(=NN=CN=Nc2cc[n+](C)cc2)cc1.[Cl-]. The van der Waals surface area contributed by atoms with Crippen molar-refractivity contribution in [2.75, 3.05) is 0 Å². The molecule has 0 bridgehead atoms. The predicted molar refractivity (Wildman–Crippen MR) is 71.6 cm³/mol. The lowest BCUT2D eigenvalue weighted by Gasteiger charge is -1.92. The second-order valence-electron chi connectivity index (χ2n) is 3.99. The average molecular weight is 291 g/mol. The Hall–Kier alpha value is -2.34. The Labute approximate surface area is 123 Å². The lowest BCUT2D eigenvalue weighted by atomic mass is 10.4. The third-order valence-corrected chi connectivity index (χ3v) is 2.37. The molecular formula is C13H15ClN6. The Morgan fingerprint density at radius 2 is 1.75 bits per heavy atom. The van der Waals surface area contributed by atoms with Crippen LogP contribution in [-0.2, 0) is 14.1 Å². The van der Waals surface area contributed by atoms with E-state index in [1.807, 2.05) is 72.3 Å². The van der Waals surface area contributed by atoms with Crippen LogP contribution in [0.3, 0.4) is 0 Å². The minimum atomic E-state index is 0. The van der Waals surface area contributed by atoms with Gasteiger partial charge in [0.15, 0.2) is 18.7 Å². The molecule has 0 aliphatic carbocycles. The number of pyridine rings is 2. The molecule has 0 amide bonds. The molecule has 7 heteroatoms. The zero-order chi connectivity index (χ0) is 13.5. The van der Waals surface area contributed by atoms with Gasteiger partial charge in [-0.15, -0.1) is 20.4 Å². The number of rotatable bonds is 3. The van der Waals surface area contributed by atoms with Gasteiger partial charge in [-0.3, -0.25) is 0 Å². The molecule has 0 spiro atoms. The van der Waals surface area contributed by atoms with E-state index in [2.05, 4.69) is 20.4 Å². The van der Waals surface area contributed by atoms with E-state index < -0.39 is 0 Å². The molecule has 104 valence electrons. The Morgan fingerprint density at radius 3 is 2.40 bits per heavy atom. The van der Waals surface area contributed by atoms with Crippen molar-refractivity contribution in [1.82, 2.24) is 4.57 Å². The van der Waals surface area contributed by atoms with E-state index in [0.29, 0.717) is 0 Å². The molecule has 6 nitrogen and oxygen atoms in total. The maximum absolute atomic E-state index is 3.99. The molecule has 0 aliphatic heterocycles. The first kappa shape index (κ1) is 15.7. The molecule has 0 aliphatic rings. The third-order valence-electron chi connectivity index (χ3n) is 2.37. The number of halogens is 1. The number of hydrogen-bond donors (Lipinski definition) is 0. The van der Waals surface area contributed by atoms with Gasteiger partial charge in [-0.25, -0.2) is 4.57 Å². The fourth-order valence-corrected chi connectivity index (χ4v) is 1.33. The van der Waals surface area contributed by atoms with Crippen molar-refractivity contribution in [1.29, 1.82) is 0 Å². The van der Waals surface area contributed by atoms with Crippen LogP contribution in [0.15, 0.2) is 69.5 Å². The van der Waals surface area contributed by atoms with Crippen molar-refractivity contribution in [3.63, 3.8) is 0 Å². The minimum Gasteiger partial charge on any atom is -1.00 e. The van der Waals surface area contributed by atoms with Crippen LogP contribution in [0.25, 0.3) is 0 Å². The van der Waals surface area contributed by atoms with Crippen molar-refractivity contribution >= 4 is 12.0 Å². The first-order valence-corrected chi connectivity index (χ1v) is 5.78. The summed E-state index contributed by atoms with van der Waals surface area (Å²) in [5, 5.41) is 16.4. The van der Waals surface area contributed by atoms with Crippen LogP contribution in [0.2, 0.25) is 0 Å². The number of nitrogens with zero attached hydrogens (tertiary/aromatic N) is 6. The van der Waals surface area contributed by atoms with Crippen molar-refractivity contribution < 1.29 is 17.0 Å². The lowest BCUT2D eigenvalue weighted by Crippen LogP contribution is -3.00. The van der Waals surface area contributed by atoms with Crippen molar-refractivity contribution in [2.45, 2.75) is 0 Å². The van der Waals surface area contributed by atoms with Crippen LogP contribution in [0, 0.1) is 0 Å². The summed E-state index contributed by atoms with van der Waals surface area (Å²) in [4.78, 5) is 0. The zero-order valence-corrected chi connectivity index (χ0v) is 12.0. The van der Waals surface area contributed by atoms with Crippen molar-refractivity contribution in [3.05, 3.63) is 54.4 Å². The highest BCUT2D eigenvalue weighted by atomic mass is 35.5. The monoisotopic (exact) mass is 290 g/mol. The van der Waals surface area contributed by atoms with Gasteiger partial charge in [-0.05, 0) is 12.1 Å². The topological polar surface area (TPSA) is 58.2 Å². The Bertz CT molecular complexity index is 637. The van der Waals surface area contributed by atoms with Gasteiger partial charge in [0.05, 0.1) is 11.0 Å². The van der Waals surface area contributed by atoms with Crippen LogP contribution >= 0.6 is 0 Å². The highest BCUT2D eigenvalue weighted by Gasteiger charge is 1.91. The first-order chi connectivity index (χ1) is 9.24. The smallest absolute Gasteiger partial charge is 0.170 e. The summed E-state index contributed by atoms with van der Waals surface area (Å²) >= 11 is 0. The highest BCUT2D eigenvalue weighted by Crippen LogP contribution is 2.06. The molecular weight excluding hydrogens is 276 g/mol. The van der Waals surface area contributed by atoms with Gasteiger partial charge in [-0.2, -0.15) is 0 Å². The van der Waals surface area contributed by atoms with E-state index in [0.717, 1.165) is 11.0 Å². The van der Waals surface area contributed by atoms with Gasteiger partial charge in [0.25, 0.3) is 0 Å². The van der Waals surface area contributed by atoms with Crippen LogP contribution < -0.4 is 22.3 Å². The fourth-order valence-electron chi connectivity index (χ4n) is 1.33. The highest BCUT2D eigenvalue weighted by molar-refractivity contribution is 5.54. The summed E-state index contributed by atoms with van der Waals surface area (Å²) in [5.41, 5.74) is 0.774. The van der Waals surface area contributed by atoms with E-state index in [4.69, 9.17) is 0 Å². The number of hydrogen-bond acceptors (Lipinski definition) is 3. The molecule has 2 rings (SSSR count). The first-order valence-electron chi connectivity index (χ1n) is 5.78. The summed E-state index contributed by atoms with van der Waals surface area (Å²) in [6, 6.07) is 7.47. The van der Waals surface area contributed by atoms with Gasteiger partial charge in [0.2, 0.25) is 0 Å². The summed E-state index contributed by atoms with van der Waals surface area (Å²) in [6.45, 7) is 0. The molecule has 0 N–H and O–H groups in total. The van der Waals surface area contributed by atoms with E-state index in [1.54, 1.807) is 0 Å². The van der Waals surface area contributed by atoms with Crippen LogP contribution in [0.4, 0.5) is 5.69 Å². The van der Waals surface area contributed by atoms with Gasteiger partial charge in [0, 0.05) is 31.6 Å². The van der Waals surface area contributed by atoms with E-state index >= 15 is 0 Å². The third kappa shape index (κ3) is 5.11. The average Bonchev–Trinajstić information content (AvgIpc) is 2.43. The van der Waals surface area contributed by atoms with E-state index in [-0.39, 0.29) is 12.4 Å². The Balaban J connectivity index is 0.00000200. The molecule has 0 saturated carbocycles. The van der Waals surface area contributed by atoms with Crippen LogP contribution in [0.1, 0.15) is 0 Å². The second-order valence-corrected chi connectivity index (χ2v) is 3.99. The van der Waals surface area contributed by atoms with Crippen LogP contribution in [-0.4, -0.2) is 10.9 Å². The van der Waals surface area contributed by atoms with Gasteiger partial charge < -0.3 is 17.0 Å². The number of azo groups is 1. The van der Waals surface area contributed by atoms with Crippen molar-refractivity contribution in [3.8, 4) is 0 Å². The molecule has 0 unspecified atom stereocenters. The van der Waals surface area contributed by atoms with Gasteiger partial charge >= 0.3 is 0 Å². The maximum Gasteiger partial charge on any atom is 0.170 e. The quantitative estimate of drug-likeness (QED) is 0.217. The largest absolute Gasteiger partial charge is 1.00 e. The Morgan fingerprint density at radius 1 is 1.10 bits per heavy atom. The molecule has 0 aromatic carbocycles. The molecule has 0 fully saturated rings. The second kappa shape index (κ2) is 7.96. The summed E-state index contributed by atoms with van der Waals surface area (Å²) in [7, 11) is 3.89. The molecule has 0 radical (unpaired) electrons. The lowest BCUT2D eigenvalue weighted by molar-refractivity contribution is -0.671. The van der Waals surface area contributed by atoms with E-state index in [9.17, 15) is 0 Å². The minimum absolute atomic E-state index is 0. The molecule has 2 heterocycles. The Kier molecular flexibility index (Phi) is 6.25. The van der Waals surface area contributed by atoms with Crippen molar-refractivity contribution in [2.24, 2.45) is 34.5 Å². The molecule has 2 aromatic rings. The molecule has 0 saturated heterocycles. The van der Waals surface area contributed by atoms with Crippen LogP contribution in [0.5, 0.6) is 0 Å². The summed E-state index contributed by atoms with van der Waals surface area (Å²) in [6.07, 6.45) is 8.93. The van der Waals surface area contributed by atoms with Gasteiger partial charge in [0.1, 0.15) is 7.05 Å². The maximum atomic E-state index is 3.99. The van der Waals surface area contributed by atoms with E-state index in [1.165, 1.54) is 6.34 Å². The predicted octanol–water partition coefficient (Wildman–Crippen LogP) is -1.52. The molecule has 0 atom stereocenters.